The lowest BCUT2D eigenvalue weighted by molar-refractivity contribution is -0.144. The first kappa shape index (κ1) is 16.6. The molecular weight excluding hydrogens is 313 g/mol. The van der Waals surface area contributed by atoms with Crippen molar-refractivity contribution >= 4 is 5.91 Å². The van der Waals surface area contributed by atoms with Gasteiger partial charge in [-0.2, -0.15) is 4.98 Å². The number of amides is 1. The van der Waals surface area contributed by atoms with E-state index in [-0.39, 0.29) is 18.3 Å². The number of benzene rings is 1. The number of ether oxygens (including phenoxy) is 1. The minimum absolute atomic E-state index is 0.0261. The van der Waals surface area contributed by atoms with Crippen molar-refractivity contribution < 1.29 is 18.4 Å². The van der Waals surface area contributed by atoms with Crippen LogP contribution in [0.1, 0.15) is 32.0 Å². The molecule has 128 valence electrons. The van der Waals surface area contributed by atoms with Crippen molar-refractivity contribution in [2.45, 2.75) is 31.7 Å². The summed E-state index contributed by atoms with van der Waals surface area (Å²) in [6, 6.07) is 5.86. The molecule has 1 aliphatic heterocycles. The third kappa shape index (κ3) is 3.03. The van der Waals surface area contributed by atoms with Gasteiger partial charge in [-0.15, -0.1) is 0 Å². The SMILES string of the molecule is COCC(=O)N1CCCC[C@@]1(C)c1noc(-c2ccc(F)cc2)n1. The van der Waals surface area contributed by atoms with Crippen LogP contribution in [0.5, 0.6) is 0 Å². The van der Waals surface area contributed by atoms with Crippen LogP contribution in [-0.2, 0) is 15.1 Å². The van der Waals surface area contributed by atoms with Crippen LogP contribution in [0, 0.1) is 5.82 Å². The summed E-state index contributed by atoms with van der Waals surface area (Å²) in [5.41, 5.74) is 0.0136. The summed E-state index contributed by atoms with van der Waals surface area (Å²) in [4.78, 5) is 18.6. The van der Waals surface area contributed by atoms with Gasteiger partial charge in [-0.25, -0.2) is 4.39 Å². The first-order valence-electron chi connectivity index (χ1n) is 7.94. The van der Waals surface area contributed by atoms with Gasteiger partial charge in [0.2, 0.25) is 5.91 Å². The summed E-state index contributed by atoms with van der Waals surface area (Å²) in [6.45, 7) is 2.61. The normalized spacial score (nSPS) is 21.0. The van der Waals surface area contributed by atoms with Crippen LogP contribution in [0.25, 0.3) is 11.5 Å². The van der Waals surface area contributed by atoms with Gasteiger partial charge in [0.25, 0.3) is 5.89 Å². The summed E-state index contributed by atoms with van der Waals surface area (Å²) in [5, 5.41) is 4.09. The summed E-state index contributed by atoms with van der Waals surface area (Å²) >= 11 is 0. The van der Waals surface area contributed by atoms with Crippen molar-refractivity contribution in [1.82, 2.24) is 15.0 Å². The Morgan fingerprint density at radius 2 is 2.12 bits per heavy atom. The van der Waals surface area contributed by atoms with Gasteiger partial charge in [0.05, 0.1) is 0 Å². The Hall–Kier alpha value is -2.28. The third-order valence-electron chi connectivity index (χ3n) is 4.46. The Kier molecular flexibility index (Phi) is 4.62. The summed E-state index contributed by atoms with van der Waals surface area (Å²) in [7, 11) is 1.50. The van der Waals surface area contributed by atoms with Crippen LogP contribution in [0.15, 0.2) is 28.8 Å². The van der Waals surface area contributed by atoms with Gasteiger partial charge in [0.15, 0.2) is 5.82 Å². The van der Waals surface area contributed by atoms with Gasteiger partial charge in [0.1, 0.15) is 18.0 Å². The first-order valence-corrected chi connectivity index (χ1v) is 7.94. The minimum atomic E-state index is -0.629. The number of carbonyl (C=O) groups excluding carboxylic acids is 1. The standard InChI is InChI=1S/C17H20FN3O3/c1-17(9-3-4-10-21(17)14(22)11-23-2)16-19-15(24-20-16)12-5-7-13(18)8-6-12/h5-8H,3-4,9-11H2,1-2H3/t17-/m0/s1. The highest BCUT2D eigenvalue weighted by Gasteiger charge is 2.42. The largest absolute Gasteiger partial charge is 0.375 e. The number of rotatable bonds is 4. The van der Waals surface area contributed by atoms with Crippen molar-refractivity contribution in [3.63, 3.8) is 0 Å². The maximum absolute atomic E-state index is 13.0. The molecule has 2 aromatic rings. The van der Waals surface area contributed by atoms with Crippen LogP contribution in [-0.4, -0.2) is 41.2 Å². The second-order valence-electron chi connectivity index (χ2n) is 6.14. The average Bonchev–Trinajstić information content (AvgIpc) is 3.07. The maximum Gasteiger partial charge on any atom is 0.258 e. The molecule has 2 heterocycles. The molecule has 6 nitrogen and oxygen atoms in total. The maximum atomic E-state index is 13.0. The van der Waals surface area contributed by atoms with Crippen LogP contribution in [0.4, 0.5) is 4.39 Å². The van der Waals surface area contributed by atoms with Crippen molar-refractivity contribution in [1.29, 1.82) is 0 Å². The first-order chi connectivity index (χ1) is 11.5. The lowest BCUT2D eigenvalue weighted by Crippen LogP contribution is -2.52. The lowest BCUT2D eigenvalue weighted by Gasteiger charge is -2.42. The zero-order chi connectivity index (χ0) is 17.2. The fourth-order valence-corrected chi connectivity index (χ4v) is 3.11. The van der Waals surface area contributed by atoms with E-state index in [0.717, 1.165) is 19.3 Å². The molecule has 0 N–H and O–H groups in total. The molecular formula is C17H20FN3O3. The van der Waals surface area contributed by atoms with Crippen LogP contribution >= 0.6 is 0 Å². The molecule has 1 atom stereocenters. The molecule has 0 bridgehead atoms. The fourth-order valence-electron chi connectivity index (χ4n) is 3.11. The molecule has 3 rings (SSSR count). The molecule has 1 aromatic heterocycles. The fraction of sp³-hybridized carbons (Fsp3) is 0.471. The van der Waals surface area contributed by atoms with E-state index < -0.39 is 5.54 Å². The van der Waals surface area contributed by atoms with E-state index in [2.05, 4.69) is 10.1 Å². The van der Waals surface area contributed by atoms with Crippen LogP contribution in [0.2, 0.25) is 0 Å². The third-order valence-corrected chi connectivity index (χ3v) is 4.46. The van der Waals surface area contributed by atoms with Crippen molar-refractivity contribution in [3.05, 3.63) is 35.9 Å². The van der Waals surface area contributed by atoms with E-state index in [0.29, 0.717) is 23.8 Å². The van der Waals surface area contributed by atoms with Crippen LogP contribution in [0.3, 0.4) is 0 Å². The number of halogens is 1. The number of hydrogen-bond acceptors (Lipinski definition) is 5. The molecule has 0 spiro atoms. The molecule has 24 heavy (non-hydrogen) atoms. The molecule has 1 aromatic carbocycles. The molecule has 0 aliphatic carbocycles. The number of carbonyl (C=O) groups is 1. The molecule has 0 unspecified atom stereocenters. The molecule has 7 heteroatoms. The molecule has 1 saturated heterocycles. The molecule has 1 amide bonds. The Labute approximate surface area is 139 Å². The number of aromatic nitrogens is 2. The minimum Gasteiger partial charge on any atom is -0.375 e. The number of nitrogens with zero attached hydrogens (tertiary/aromatic N) is 3. The summed E-state index contributed by atoms with van der Waals surface area (Å²) in [5.74, 6) is 0.365. The van der Waals surface area contributed by atoms with Gasteiger partial charge in [-0.3, -0.25) is 4.79 Å². The average molecular weight is 333 g/mol. The lowest BCUT2D eigenvalue weighted by atomic mass is 9.87. The van der Waals surface area contributed by atoms with E-state index in [1.807, 2.05) is 6.92 Å². The van der Waals surface area contributed by atoms with E-state index >= 15 is 0 Å². The predicted molar refractivity (Wildman–Crippen MR) is 84.5 cm³/mol. The highest BCUT2D eigenvalue weighted by atomic mass is 19.1. The zero-order valence-electron chi connectivity index (χ0n) is 13.8. The zero-order valence-corrected chi connectivity index (χ0v) is 13.8. The van der Waals surface area contributed by atoms with Crippen molar-refractivity contribution in [2.24, 2.45) is 0 Å². The summed E-state index contributed by atoms with van der Waals surface area (Å²) in [6.07, 6.45) is 2.67. The van der Waals surface area contributed by atoms with Crippen molar-refractivity contribution in [2.75, 3.05) is 20.3 Å². The van der Waals surface area contributed by atoms with E-state index in [4.69, 9.17) is 9.26 Å². The molecule has 1 aliphatic rings. The van der Waals surface area contributed by atoms with Gasteiger partial charge in [-0.1, -0.05) is 5.16 Å². The topological polar surface area (TPSA) is 68.5 Å². The van der Waals surface area contributed by atoms with E-state index in [9.17, 15) is 9.18 Å². The van der Waals surface area contributed by atoms with Crippen molar-refractivity contribution in [3.8, 4) is 11.5 Å². The Morgan fingerprint density at radius 3 is 2.83 bits per heavy atom. The highest BCUT2D eigenvalue weighted by Crippen LogP contribution is 2.36. The van der Waals surface area contributed by atoms with E-state index in [1.54, 1.807) is 17.0 Å². The number of piperidine rings is 1. The van der Waals surface area contributed by atoms with Gasteiger partial charge >= 0.3 is 0 Å². The number of hydrogen-bond donors (Lipinski definition) is 0. The smallest absolute Gasteiger partial charge is 0.258 e. The second-order valence-corrected chi connectivity index (χ2v) is 6.14. The summed E-state index contributed by atoms with van der Waals surface area (Å²) < 4.78 is 23.4. The highest BCUT2D eigenvalue weighted by molar-refractivity contribution is 5.78. The Morgan fingerprint density at radius 1 is 1.38 bits per heavy atom. The molecule has 0 saturated carbocycles. The van der Waals surface area contributed by atoms with Gasteiger partial charge < -0.3 is 14.2 Å². The number of likely N-dealkylation sites (tertiary alicyclic amines) is 1. The quantitative estimate of drug-likeness (QED) is 0.860. The number of methoxy groups -OCH3 is 1. The molecule has 1 fully saturated rings. The Balaban J connectivity index is 1.91. The predicted octanol–water partition coefficient (Wildman–Crippen LogP) is 2.75. The Bertz CT molecular complexity index is 716. The van der Waals surface area contributed by atoms with E-state index in [1.165, 1.54) is 19.2 Å². The second kappa shape index (κ2) is 6.68. The van der Waals surface area contributed by atoms with Crippen LogP contribution < -0.4 is 0 Å². The molecule has 0 radical (unpaired) electrons. The van der Waals surface area contributed by atoms with Gasteiger partial charge in [-0.05, 0) is 50.5 Å². The van der Waals surface area contributed by atoms with Gasteiger partial charge in [0, 0.05) is 19.2 Å². The monoisotopic (exact) mass is 333 g/mol.